The molecule has 10 heteroatoms. The van der Waals surface area contributed by atoms with Crippen molar-refractivity contribution in [2.45, 2.75) is 24.9 Å². The van der Waals surface area contributed by atoms with Crippen molar-refractivity contribution >= 4 is 30.7 Å². The molecule has 3 rings (SSSR count). The number of rotatable bonds is 6. The average Bonchev–Trinajstić information content (AvgIpc) is 2.73. The molecule has 8 nitrogen and oxygen atoms in total. The summed E-state index contributed by atoms with van der Waals surface area (Å²) in [5, 5.41) is 0. The lowest BCUT2D eigenvalue weighted by atomic mass is 9.89. The third-order valence-corrected chi connectivity index (χ3v) is 5.65. The van der Waals surface area contributed by atoms with E-state index in [4.69, 9.17) is 24.7 Å². The van der Waals surface area contributed by atoms with Crippen LogP contribution in [0.25, 0.3) is 0 Å². The topological polar surface area (TPSA) is 86.5 Å². The molecule has 0 aliphatic carbocycles. The molecule has 0 radical (unpaired) electrons. The molecule has 2 aliphatic rings. The molecule has 1 aromatic carbocycles. The molecule has 2 aliphatic heterocycles. The number of carbonyl (C=O) groups is 1. The molecule has 30 heavy (non-hydrogen) atoms. The van der Waals surface area contributed by atoms with Crippen molar-refractivity contribution in [3.8, 4) is 17.2 Å². The van der Waals surface area contributed by atoms with Gasteiger partial charge in [0.25, 0.3) is 0 Å². The summed E-state index contributed by atoms with van der Waals surface area (Å²) in [5.41, 5.74) is 6.62. The molecule has 2 fully saturated rings. The van der Waals surface area contributed by atoms with Gasteiger partial charge in [-0.05, 0) is 18.9 Å². The molecule has 1 amide bonds. The summed E-state index contributed by atoms with van der Waals surface area (Å²) in [6, 6.07) is 3.88. The largest absolute Gasteiger partial charge is 0.493 e. The molecule has 2 heterocycles. The van der Waals surface area contributed by atoms with Gasteiger partial charge in [0.05, 0.1) is 26.9 Å². The predicted octanol–water partition coefficient (Wildman–Crippen LogP) is 1.71. The number of hydrogen-bond donors (Lipinski definition) is 1. The van der Waals surface area contributed by atoms with Crippen LogP contribution in [0.4, 0.5) is 0 Å². The van der Waals surface area contributed by atoms with Crippen LogP contribution in [0.5, 0.6) is 17.2 Å². The number of hydrogen-bond acceptors (Lipinski definition) is 7. The number of ether oxygens (including phenoxy) is 4. The summed E-state index contributed by atoms with van der Waals surface area (Å²) in [6.07, 6.45) is 1.18. The van der Waals surface area contributed by atoms with Crippen molar-refractivity contribution in [3.63, 3.8) is 0 Å². The normalized spacial score (nSPS) is 18.6. The minimum absolute atomic E-state index is 0. The summed E-state index contributed by atoms with van der Waals surface area (Å²) in [5.74, 6) is 1.98. The fourth-order valence-electron chi connectivity index (χ4n) is 3.90. The van der Waals surface area contributed by atoms with Crippen LogP contribution in [0.3, 0.4) is 0 Å². The van der Waals surface area contributed by atoms with Crippen LogP contribution in [-0.2, 0) is 16.1 Å². The molecule has 0 saturated carbocycles. The van der Waals surface area contributed by atoms with Gasteiger partial charge in [-0.2, -0.15) is 0 Å². The second-order valence-electron chi connectivity index (χ2n) is 7.33. The quantitative estimate of drug-likeness (QED) is 0.683. The van der Waals surface area contributed by atoms with Crippen LogP contribution in [0, 0.1) is 0 Å². The molecular weight excluding hydrogens is 433 g/mol. The first-order valence-electron chi connectivity index (χ1n) is 9.68. The van der Waals surface area contributed by atoms with E-state index in [0.717, 1.165) is 18.7 Å². The van der Waals surface area contributed by atoms with Gasteiger partial charge in [-0.15, -0.1) is 24.8 Å². The van der Waals surface area contributed by atoms with Crippen LogP contribution >= 0.6 is 24.8 Å². The maximum Gasteiger partial charge on any atom is 0.242 e. The van der Waals surface area contributed by atoms with Gasteiger partial charge in [0.1, 0.15) is 0 Å². The number of amides is 1. The lowest BCUT2D eigenvalue weighted by molar-refractivity contribution is -0.142. The average molecular weight is 466 g/mol. The highest BCUT2D eigenvalue weighted by Gasteiger charge is 2.39. The van der Waals surface area contributed by atoms with E-state index in [1.165, 1.54) is 0 Å². The zero-order chi connectivity index (χ0) is 20.1. The number of nitrogens with two attached hydrogens (primary N) is 1. The smallest absolute Gasteiger partial charge is 0.242 e. The first-order chi connectivity index (χ1) is 13.5. The van der Waals surface area contributed by atoms with Crippen LogP contribution < -0.4 is 19.9 Å². The maximum atomic E-state index is 12.9. The van der Waals surface area contributed by atoms with Gasteiger partial charge in [0, 0.05) is 51.5 Å². The number of carbonyl (C=O) groups excluding carboxylic acids is 1. The highest BCUT2D eigenvalue weighted by Crippen LogP contribution is 2.40. The van der Waals surface area contributed by atoms with Gasteiger partial charge in [-0.25, -0.2) is 0 Å². The maximum absolute atomic E-state index is 12.9. The number of halogens is 2. The summed E-state index contributed by atoms with van der Waals surface area (Å²) < 4.78 is 21.7. The van der Waals surface area contributed by atoms with Gasteiger partial charge in [-0.3, -0.25) is 9.69 Å². The standard InChI is InChI=1S/C20H31N3O5.2ClH/c1-25-16-5-4-15(17(26-2)18(16)27-3)14-22-8-10-23(11-9-22)19(24)20(21)6-12-28-13-7-20;;/h4-5H,6-14,21H2,1-3H3;2*1H. The summed E-state index contributed by atoms with van der Waals surface area (Å²) in [7, 11) is 4.84. The van der Waals surface area contributed by atoms with E-state index in [9.17, 15) is 4.79 Å². The number of piperazine rings is 1. The Bertz CT molecular complexity index is 693. The number of benzene rings is 1. The minimum atomic E-state index is -0.771. The molecule has 2 N–H and O–H groups in total. The highest BCUT2D eigenvalue weighted by atomic mass is 35.5. The Kier molecular flexibility index (Phi) is 10.5. The Balaban J connectivity index is 0.00000225. The lowest BCUT2D eigenvalue weighted by Crippen LogP contribution is -2.61. The Morgan fingerprint density at radius 2 is 1.60 bits per heavy atom. The van der Waals surface area contributed by atoms with Crippen molar-refractivity contribution in [1.29, 1.82) is 0 Å². The first-order valence-corrected chi connectivity index (χ1v) is 9.68. The number of methoxy groups -OCH3 is 3. The molecule has 0 unspecified atom stereocenters. The van der Waals surface area contributed by atoms with E-state index in [-0.39, 0.29) is 30.7 Å². The monoisotopic (exact) mass is 465 g/mol. The summed E-state index contributed by atoms with van der Waals surface area (Å²) >= 11 is 0. The van der Waals surface area contributed by atoms with E-state index in [2.05, 4.69) is 4.90 Å². The van der Waals surface area contributed by atoms with Crippen molar-refractivity contribution in [2.24, 2.45) is 5.73 Å². The summed E-state index contributed by atoms with van der Waals surface area (Å²) in [4.78, 5) is 17.1. The molecule has 0 aromatic heterocycles. The second-order valence-corrected chi connectivity index (χ2v) is 7.33. The van der Waals surface area contributed by atoms with E-state index < -0.39 is 5.54 Å². The van der Waals surface area contributed by atoms with Crippen molar-refractivity contribution in [3.05, 3.63) is 17.7 Å². The summed E-state index contributed by atoms with van der Waals surface area (Å²) in [6.45, 7) is 4.75. The molecule has 0 bridgehead atoms. The molecule has 1 aromatic rings. The fourth-order valence-corrected chi connectivity index (χ4v) is 3.90. The first kappa shape index (κ1) is 26.6. The molecule has 172 valence electrons. The molecule has 2 saturated heterocycles. The third kappa shape index (κ3) is 5.62. The minimum Gasteiger partial charge on any atom is -0.493 e. The fraction of sp³-hybridized carbons (Fsp3) is 0.650. The molecule has 0 atom stereocenters. The third-order valence-electron chi connectivity index (χ3n) is 5.65. The van der Waals surface area contributed by atoms with Crippen LogP contribution in [0.2, 0.25) is 0 Å². The zero-order valence-electron chi connectivity index (χ0n) is 17.8. The van der Waals surface area contributed by atoms with Gasteiger partial charge in [0.2, 0.25) is 11.7 Å². The van der Waals surface area contributed by atoms with Crippen LogP contribution in [0.1, 0.15) is 18.4 Å². The van der Waals surface area contributed by atoms with Crippen LogP contribution in [0.15, 0.2) is 12.1 Å². The Labute approximate surface area is 190 Å². The van der Waals surface area contributed by atoms with Crippen LogP contribution in [-0.4, -0.2) is 82.0 Å². The zero-order valence-corrected chi connectivity index (χ0v) is 19.5. The molecular formula is C20H33Cl2N3O5. The van der Waals surface area contributed by atoms with Gasteiger partial charge in [0.15, 0.2) is 11.5 Å². The Morgan fingerprint density at radius 3 is 2.13 bits per heavy atom. The molecule has 0 spiro atoms. The SMILES string of the molecule is COc1ccc(CN2CCN(C(=O)C3(N)CCOCC3)CC2)c(OC)c1OC.Cl.Cl. The second kappa shape index (κ2) is 11.8. The Hall–Kier alpha value is -1.45. The van der Waals surface area contributed by atoms with E-state index in [0.29, 0.717) is 62.9 Å². The van der Waals surface area contributed by atoms with Gasteiger partial charge >= 0.3 is 0 Å². The van der Waals surface area contributed by atoms with Crippen molar-refractivity contribution in [2.75, 3.05) is 60.7 Å². The van der Waals surface area contributed by atoms with Crippen molar-refractivity contribution < 1.29 is 23.7 Å². The van der Waals surface area contributed by atoms with Gasteiger partial charge < -0.3 is 29.6 Å². The highest BCUT2D eigenvalue weighted by molar-refractivity contribution is 5.86. The lowest BCUT2D eigenvalue weighted by Gasteiger charge is -2.41. The van der Waals surface area contributed by atoms with Gasteiger partial charge in [-0.1, -0.05) is 6.07 Å². The number of nitrogens with zero attached hydrogens (tertiary/aromatic N) is 2. The predicted molar refractivity (Wildman–Crippen MR) is 119 cm³/mol. The van der Waals surface area contributed by atoms with Crippen molar-refractivity contribution in [1.82, 2.24) is 9.80 Å². The van der Waals surface area contributed by atoms with E-state index >= 15 is 0 Å². The van der Waals surface area contributed by atoms with E-state index in [1.807, 2.05) is 17.0 Å². The Morgan fingerprint density at radius 1 is 1.00 bits per heavy atom. The van der Waals surface area contributed by atoms with E-state index in [1.54, 1.807) is 21.3 Å².